The molecule has 3 rings (SSSR count). The summed E-state index contributed by atoms with van der Waals surface area (Å²) in [6, 6.07) is 15.0. The molecule has 0 aliphatic heterocycles. The molecule has 0 aliphatic rings. The summed E-state index contributed by atoms with van der Waals surface area (Å²) in [6.07, 6.45) is 0.827. The Morgan fingerprint density at radius 2 is 1.89 bits per heavy atom. The van der Waals surface area contributed by atoms with Crippen molar-refractivity contribution in [3.63, 3.8) is 0 Å². The van der Waals surface area contributed by atoms with Crippen LogP contribution in [0.3, 0.4) is 0 Å². The van der Waals surface area contributed by atoms with Crippen molar-refractivity contribution in [2.75, 3.05) is 7.11 Å². The Balaban J connectivity index is 2.29. The molecule has 0 fully saturated rings. The summed E-state index contributed by atoms with van der Waals surface area (Å²) >= 11 is 0. The molecule has 1 aromatic heterocycles. The molecule has 0 saturated heterocycles. The zero-order valence-electron chi connectivity index (χ0n) is 10.4. The van der Waals surface area contributed by atoms with E-state index in [1.54, 1.807) is 7.11 Å². The van der Waals surface area contributed by atoms with Crippen molar-refractivity contribution in [2.45, 2.75) is 0 Å². The number of hydrogen-bond acceptors (Lipinski definition) is 3. The maximum absolute atomic E-state index is 11.4. The van der Waals surface area contributed by atoms with Gasteiger partial charge in [0.15, 0.2) is 6.29 Å². The number of methoxy groups -OCH3 is 1. The number of hydrogen-bond donors (Lipinski definition) is 0. The first-order valence-electron chi connectivity index (χ1n) is 5.94. The zero-order valence-corrected chi connectivity index (χ0v) is 10.4. The molecule has 0 amide bonds. The molecule has 0 aliphatic carbocycles. The molecule has 0 bridgehead atoms. The highest BCUT2D eigenvalue weighted by Crippen LogP contribution is 2.34. The van der Waals surface area contributed by atoms with Crippen LogP contribution in [0.5, 0.6) is 5.75 Å². The van der Waals surface area contributed by atoms with Crippen LogP contribution in [-0.4, -0.2) is 13.4 Å². The summed E-state index contributed by atoms with van der Waals surface area (Å²) in [7, 11) is 1.60. The van der Waals surface area contributed by atoms with Gasteiger partial charge in [0.25, 0.3) is 0 Å². The third kappa shape index (κ3) is 1.89. The Morgan fingerprint density at radius 3 is 2.58 bits per heavy atom. The Labute approximate surface area is 110 Å². The first-order chi connectivity index (χ1) is 9.33. The lowest BCUT2D eigenvalue weighted by Crippen LogP contribution is -1.84. The predicted octanol–water partition coefficient (Wildman–Crippen LogP) is 3.92. The fourth-order valence-electron chi connectivity index (χ4n) is 2.14. The Kier molecular flexibility index (Phi) is 2.80. The minimum Gasteiger partial charge on any atom is -0.497 e. The van der Waals surface area contributed by atoms with Crippen LogP contribution < -0.4 is 4.74 Å². The summed E-state index contributed by atoms with van der Waals surface area (Å²) in [5, 5.41) is 0.771. The number of carbonyl (C=O) groups excluding carboxylic acids is 1. The lowest BCUT2D eigenvalue weighted by atomic mass is 10.1. The molecule has 3 aromatic rings. The van der Waals surface area contributed by atoms with Crippen LogP contribution >= 0.6 is 0 Å². The average Bonchev–Trinajstić information content (AvgIpc) is 2.85. The summed E-state index contributed by atoms with van der Waals surface area (Å²) < 4.78 is 11.0. The number of fused-ring (bicyclic) bond motifs is 1. The summed E-state index contributed by atoms with van der Waals surface area (Å²) in [4.78, 5) is 11.4. The third-order valence-corrected chi connectivity index (χ3v) is 3.09. The van der Waals surface area contributed by atoms with E-state index in [-0.39, 0.29) is 0 Å². The predicted molar refractivity (Wildman–Crippen MR) is 73.6 cm³/mol. The van der Waals surface area contributed by atoms with Gasteiger partial charge in [-0.2, -0.15) is 0 Å². The highest BCUT2D eigenvalue weighted by atomic mass is 16.5. The van der Waals surface area contributed by atoms with Crippen molar-refractivity contribution in [3.05, 3.63) is 54.1 Å². The standard InChI is InChI=1S/C16H12O3/c1-18-12-7-8-15-13(9-12)14(10-17)16(19-15)11-5-3-2-4-6-11/h2-10H,1H3. The lowest BCUT2D eigenvalue weighted by Gasteiger charge is -1.98. The Hall–Kier alpha value is -2.55. The molecule has 0 atom stereocenters. The van der Waals surface area contributed by atoms with Crippen LogP contribution in [0.1, 0.15) is 10.4 Å². The average molecular weight is 252 g/mol. The van der Waals surface area contributed by atoms with Crippen molar-refractivity contribution >= 4 is 17.3 Å². The molecule has 0 spiro atoms. The molecule has 0 saturated carbocycles. The van der Waals surface area contributed by atoms with Crippen LogP contribution in [0.25, 0.3) is 22.3 Å². The molecule has 0 radical (unpaired) electrons. The van der Waals surface area contributed by atoms with Crippen LogP contribution in [0, 0.1) is 0 Å². The van der Waals surface area contributed by atoms with Crippen LogP contribution in [-0.2, 0) is 0 Å². The van der Waals surface area contributed by atoms with Gasteiger partial charge in [-0.1, -0.05) is 30.3 Å². The summed E-state index contributed by atoms with van der Waals surface area (Å²) in [5.74, 6) is 1.30. The molecule has 3 nitrogen and oxygen atoms in total. The number of ether oxygens (including phenoxy) is 1. The van der Waals surface area contributed by atoms with E-state index in [0.717, 1.165) is 17.2 Å². The van der Waals surface area contributed by atoms with E-state index < -0.39 is 0 Å². The maximum Gasteiger partial charge on any atom is 0.154 e. The van der Waals surface area contributed by atoms with Crippen LogP contribution in [0.15, 0.2) is 52.9 Å². The van der Waals surface area contributed by atoms with E-state index in [2.05, 4.69) is 0 Å². The van der Waals surface area contributed by atoms with E-state index >= 15 is 0 Å². The van der Waals surface area contributed by atoms with Crippen LogP contribution in [0.4, 0.5) is 0 Å². The van der Waals surface area contributed by atoms with Gasteiger partial charge < -0.3 is 9.15 Å². The SMILES string of the molecule is COc1ccc2oc(-c3ccccc3)c(C=O)c2c1. The van der Waals surface area contributed by atoms with Gasteiger partial charge in [0.05, 0.1) is 12.7 Å². The molecule has 0 unspecified atom stereocenters. The fourth-order valence-corrected chi connectivity index (χ4v) is 2.14. The van der Waals surface area contributed by atoms with Crippen molar-refractivity contribution in [1.82, 2.24) is 0 Å². The van der Waals surface area contributed by atoms with Crippen molar-refractivity contribution in [2.24, 2.45) is 0 Å². The first kappa shape index (κ1) is 11.5. The number of benzene rings is 2. The lowest BCUT2D eigenvalue weighted by molar-refractivity contribution is 0.112. The van der Waals surface area contributed by atoms with E-state index in [0.29, 0.717) is 22.7 Å². The third-order valence-electron chi connectivity index (χ3n) is 3.09. The second-order valence-electron chi connectivity index (χ2n) is 4.19. The van der Waals surface area contributed by atoms with Crippen molar-refractivity contribution in [1.29, 1.82) is 0 Å². The minimum atomic E-state index is 0.556. The molecule has 19 heavy (non-hydrogen) atoms. The monoisotopic (exact) mass is 252 g/mol. The molecular weight excluding hydrogens is 240 g/mol. The van der Waals surface area contributed by atoms with Crippen LogP contribution in [0.2, 0.25) is 0 Å². The Bertz CT molecular complexity index is 726. The second-order valence-corrected chi connectivity index (χ2v) is 4.19. The number of furan rings is 1. The van der Waals surface area contributed by atoms with E-state index in [1.165, 1.54) is 0 Å². The number of carbonyl (C=O) groups is 1. The zero-order chi connectivity index (χ0) is 13.2. The van der Waals surface area contributed by atoms with E-state index in [9.17, 15) is 4.79 Å². The molecule has 94 valence electrons. The number of aldehydes is 1. The van der Waals surface area contributed by atoms with Gasteiger partial charge in [-0.25, -0.2) is 0 Å². The quantitative estimate of drug-likeness (QED) is 0.663. The molecule has 3 heteroatoms. The van der Waals surface area contributed by atoms with Gasteiger partial charge in [0.1, 0.15) is 17.1 Å². The van der Waals surface area contributed by atoms with Gasteiger partial charge in [-0.05, 0) is 18.2 Å². The molecule has 0 N–H and O–H groups in total. The van der Waals surface area contributed by atoms with E-state index in [4.69, 9.17) is 9.15 Å². The van der Waals surface area contributed by atoms with Crippen molar-refractivity contribution < 1.29 is 13.9 Å². The topological polar surface area (TPSA) is 39.4 Å². The van der Waals surface area contributed by atoms with Gasteiger partial charge >= 0.3 is 0 Å². The highest BCUT2D eigenvalue weighted by molar-refractivity contribution is 6.03. The normalized spacial score (nSPS) is 10.6. The van der Waals surface area contributed by atoms with Crippen molar-refractivity contribution in [3.8, 4) is 17.1 Å². The Morgan fingerprint density at radius 1 is 1.11 bits per heavy atom. The van der Waals surface area contributed by atoms with E-state index in [1.807, 2.05) is 48.5 Å². The van der Waals surface area contributed by atoms with Gasteiger partial charge in [0, 0.05) is 10.9 Å². The summed E-state index contributed by atoms with van der Waals surface area (Å²) in [5.41, 5.74) is 2.13. The minimum absolute atomic E-state index is 0.556. The maximum atomic E-state index is 11.4. The first-order valence-corrected chi connectivity index (χ1v) is 5.94. The molecular formula is C16H12O3. The fraction of sp³-hybridized carbons (Fsp3) is 0.0625. The molecule has 1 heterocycles. The number of rotatable bonds is 3. The molecule has 2 aromatic carbocycles. The van der Waals surface area contributed by atoms with Gasteiger partial charge in [0.2, 0.25) is 0 Å². The van der Waals surface area contributed by atoms with Gasteiger partial charge in [-0.15, -0.1) is 0 Å². The second kappa shape index (κ2) is 4.61. The highest BCUT2D eigenvalue weighted by Gasteiger charge is 2.15. The smallest absolute Gasteiger partial charge is 0.154 e. The largest absolute Gasteiger partial charge is 0.497 e. The van der Waals surface area contributed by atoms with Gasteiger partial charge in [-0.3, -0.25) is 4.79 Å². The summed E-state index contributed by atoms with van der Waals surface area (Å²) in [6.45, 7) is 0.